The molecule has 1 amide bonds. The molecule has 1 aromatic rings. The molecule has 4 nitrogen and oxygen atoms in total. The van der Waals surface area contributed by atoms with Crippen LogP contribution in [0.4, 0.5) is 0 Å². The first kappa shape index (κ1) is 11.8. The van der Waals surface area contributed by atoms with E-state index in [2.05, 4.69) is 10.6 Å². The fourth-order valence-corrected chi connectivity index (χ4v) is 1.37. The van der Waals surface area contributed by atoms with E-state index in [4.69, 9.17) is 4.42 Å². The summed E-state index contributed by atoms with van der Waals surface area (Å²) in [5, 5.41) is 5.85. The molecule has 0 radical (unpaired) electrons. The highest BCUT2D eigenvalue weighted by atomic mass is 16.3. The van der Waals surface area contributed by atoms with Crippen molar-refractivity contribution in [1.29, 1.82) is 0 Å². The third-order valence-corrected chi connectivity index (χ3v) is 2.10. The molecule has 0 bridgehead atoms. The first-order valence-corrected chi connectivity index (χ1v) is 5.18. The van der Waals surface area contributed by atoms with Gasteiger partial charge in [-0.05, 0) is 26.1 Å². The van der Waals surface area contributed by atoms with Crippen LogP contribution in [0.2, 0.25) is 0 Å². The number of carbonyl (C=O) groups is 1. The molecule has 0 spiro atoms. The number of carbonyl (C=O) groups excluding carboxylic acids is 1. The molecule has 0 aliphatic carbocycles. The quantitative estimate of drug-likeness (QED) is 0.734. The van der Waals surface area contributed by atoms with E-state index < -0.39 is 0 Å². The molecule has 1 rings (SSSR count). The van der Waals surface area contributed by atoms with Gasteiger partial charge in [0, 0.05) is 25.4 Å². The monoisotopic (exact) mass is 210 g/mol. The topological polar surface area (TPSA) is 54.3 Å². The number of hydrogen-bond donors (Lipinski definition) is 2. The van der Waals surface area contributed by atoms with E-state index in [9.17, 15) is 4.79 Å². The van der Waals surface area contributed by atoms with Gasteiger partial charge < -0.3 is 15.1 Å². The maximum atomic E-state index is 11.4. The summed E-state index contributed by atoms with van der Waals surface area (Å²) in [6.45, 7) is 2.68. The zero-order valence-corrected chi connectivity index (χ0v) is 9.25. The first-order valence-electron chi connectivity index (χ1n) is 5.18. The number of hydrogen-bond acceptors (Lipinski definition) is 3. The highest BCUT2D eigenvalue weighted by Crippen LogP contribution is 2.03. The molecule has 0 fully saturated rings. The van der Waals surface area contributed by atoms with E-state index in [1.54, 1.807) is 6.26 Å². The average Bonchev–Trinajstić information content (AvgIpc) is 2.67. The largest absolute Gasteiger partial charge is 0.469 e. The van der Waals surface area contributed by atoms with Gasteiger partial charge in [-0.3, -0.25) is 4.79 Å². The van der Waals surface area contributed by atoms with Crippen molar-refractivity contribution in [3.8, 4) is 0 Å². The molecule has 0 aliphatic heterocycles. The lowest BCUT2D eigenvalue weighted by Gasteiger charge is -2.12. The highest BCUT2D eigenvalue weighted by Gasteiger charge is 2.08. The minimum absolute atomic E-state index is 0.0726. The van der Waals surface area contributed by atoms with Crippen LogP contribution in [0.3, 0.4) is 0 Å². The van der Waals surface area contributed by atoms with Gasteiger partial charge in [-0.25, -0.2) is 0 Å². The van der Waals surface area contributed by atoms with Crippen molar-refractivity contribution in [2.75, 3.05) is 13.6 Å². The van der Waals surface area contributed by atoms with Gasteiger partial charge in [0.15, 0.2) is 0 Å². The van der Waals surface area contributed by atoms with Crippen LogP contribution in [0.5, 0.6) is 0 Å². The summed E-state index contributed by atoms with van der Waals surface area (Å²) in [5.74, 6) is 0.972. The maximum Gasteiger partial charge on any atom is 0.221 e. The Bertz CT molecular complexity index is 283. The molecule has 1 aromatic heterocycles. The number of amides is 1. The highest BCUT2D eigenvalue weighted by molar-refractivity contribution is 5.76. The van der Waals surface area contributed by atoms with Crippen LogP contribution in [0.1, 0.15) is 19.1 Å². The molecule has 15 heavy (non-hydrogen) atoms. The maximum absolute atomic E-state index is 11.4. The number of rotatable bonds is 6. The summed E-state index contributed by atoms with van der Waals surface area (Å²) in [5.41, 5.74) is 0. The average molecular weight is 210 g/mol. The Morgan fingerprint density at radius 1 is 1.60 bits per heavy atom. The van der Waals surface area contributed by atoms with E-state index in [0.29, 0.717) is 13.0 Å². The predicted octanol–water partition coefficient (Wildman–Crippen LogP) is 0.936. The zero-order valence-electron chi connectivity index (χ0n) is 9.25. The predicted molar refractivity (Wildman–Crippen MR) is 58.6 cm³/mol. The third kappa shape index (κ3) is 4.65. The van der Waals surface area contributed by atoms with Gasteiger partial charge in [-0.15, -0.1) is 0 Å². The second kappa shape index (κ2) is 6.24. The van der Waals surface area contributed by atoms with E-state index in [1.165, 1.54) is 0 Å². The second-order valence-corrected chi connectivity index (χ2v) is 3.61. The summed E-state index contributed by atoms with van der Waals surface area (Å²) in [6.07, 6.45) is 2.89. The molecule has 1 atom stereocenters. The summed E-state index contributed by atoms with van der Waals surface area (Å²) < 4.78 is 5.20. The Morgan fingerprint density at radius 3 is 3.00 bits per heavy atom. The van der Waals surface area contributed by atoms with Crippen molar-refractivity contribution in [3.05, 3.63) is 24.2 Å². The van der Waals surface area contributed by atoms with Gasteiger partial charge in [0.05, 0.1) is 6.26 Å². The molecule has 4 heteroatoms. The SMILES string of the molecule is CNCCC(=O)NC(C)Cc1ccco1. The van der Waals surface area contributed by atoms with E-state index in [-0.39, 0.29) is 11.9 Å². The van der Waals surface area contributed by atoms with E-state index >= 15 is 0 Å². The molecule has 0 aromatic carbocycles. The molecule has 1 unspecified atom stereocenters. The Hall–Kier alpha value is -1.29. The van der Waals surface area contributed by atoms with Crippen LogP contribution in [0.25, 0.3) is 0 Å². The minimum Gasteiger partial charge on any atom is -0.469 e. The van der Waals surface area contributed by atoms with Crippen molar-refractivity contribution in [2.24, 2.45) is 0 Å². The summed E-state index contributed by atoms with van der Waals surface area (Å²) >= 11 is 0. The first-order chi connectivity index (χ1) is 7.22. The summed E-state index contributed by atoms with van der Waals surface area (Å²) in [4.78, 5) is 11.4. The Morgan fingerprint density at radius 2 is 2.40 bits per heavy atom. The van der Waals surface area contributed by atoms with Crippen molar-refractivity contribution >= 4 is 5.91 Å². The van der Waals surface area contributed by atoms with Crippen LogP contribution in [0.15, 0.2) is 22.8 Å². The standard InChI is InChI=1S/C11H18N2O2/c1-9(8-10-4-3-7-15-10)13-11(14)5-6-12-2/h3-4,7,9,12H,5-6,8H2,1-2H3,(H,13,14). The van der Waals surface area contributed by atoms with Crippen molar-refractivity contribution < 1.29 is 9.21 Å². The third-order valence-electron chi connectivity index (χ3n) is 2.10. The molecular weight excluding hydrogens is 192 g/mol. The normalized spacial score (nSPS) is 12.4. The lowest BCUT2D eigenvalue weighted by atomic mass is 10.2. The van der Waals surface area contributed by atoms with Crippen LogP contribution in [0, 0.1) is 0 Å². The van der Waals surface area contributed by atoms with Gasteiger partial charge in [0.1, 0.15) is 5.76 Å². The number of nitrogens with one attached hydrogen (secondary N) is 2. The zero-order chi connectivity index (χ0) is 11.1. The van der Waals surface area contributed by atoms with Crippen molar-refractivity contribution in [1.82, 2.24) is 10.6 Å². The van der Waals surface area contributed by atoms with Crippen LogP contribution < -0.4 is 10.6 Å². The number of furan rings is 1. The van der Waals surface area contributed by atoms with Gasteiger partial charge in [-0.2, -0.15) is 0 Å². The molecule has 2 N–H and O–H groups in total. The van der Waals surface area contributed by atoms with E-state index in [0.717, 1.165) is 12.2 Å². The van der Waals surface area contributed by atoms with Gasteiger partial charge in [0.25, 0.3) is 0 Å². The Kier molecular flexibility index (Phi) is 4.90. The minimum atomic E-state index is 0.0726. The molecule has 0 saturated carbocycles. The fourth-order valence-electron chi connectivity index (χ4n) is 1.37. The van der Waals surface area contributed by atoms with Crippen molar-refractivity contribution in [3.63, 3.8) is 0 Å². The van der Waals surface area contributed by atoms with Gasteiger partial charge in [0.2, 0.25) is 5.91 Å². The molecule has 0 saturated heterocycles. The summed E-state index contributed by atoms with van der Waals surface area (Å²) in [7, 11) is 1.83. The van der Waals surface area contributed by atoms with Crippen LogP contribution >= 0.6 is 0 Å². The lowest BCUT2D eigenvalue weighted by molar-refractivity contribution is -0.121. The molecule has 84 valence electrons. The second-order valence-electron chi connectivity index (χ2n) is 3.61. The van der Waals surface area contributed by atoms with E-state index in [1.807, 2.05) is 26.1 Å². The molecule has 1 heterocycles. The van der Waals surface area contributed by atoms with Crippen LogP contribution in [-0.4, -0.2) is 25.5 Å². The Labute approximate surface area is 90.0 Å². The van der Waals surface area contributed by atoms with Crippen LogP contribution in [-0.2, 0) is 11.2 Å². The summed E-state index contributed by atoms with van der Waals surface area (Å²) in [6, 6.07) is 3.88. The van der Waals surface area contributed by atoms with Crippen molar-refractivity contribution in [2.45, 2.75) is 25.8 Å². The lowest BCUT2D eigenvalue weighted by Crippen LogP contribution is -2.35. The Balaban J connectivity index is 2.23. The molecular formula is C11H18N2O2. The van der Waals surface area contributed by atoms with Gasteiger partial charge in [-0.1, -0.05) is 0 Å². The smallest absolute Gasteiger partial charge is 0.221 e. The molecule has 0 aliphatic rings. The fraction of sp³-hybridized carbons (Fsp3) is 0.545. The van der Waals surface area contributed by atoms with Gasteiger partial charge >= 0.3 is 0 Å².